The van der Waals surface area contributed by atoms with E-state index < -0.39 is 26.4 Å². The molecule has 0 unspecified atom stereocenters. The molecule has 3 N–H and O–H groups in total. The summed E-state index contributed by atoms with van der Waals surface area (Å²) in [6.07, 6.45) is 0.115. The third-order valence-corrected chi connectivity index (χ3v) is 4.48. The molecule has 1 aromatic rings. The molecule has 1 aliphatic heterocycles. The van der Waals surface area contributed by atoms with E-state index in [1.807, 2.05) is 0 Å². The largest absolute Gasteiger partial charge is 0.614 e. The van der Waals surface area contributed by atoms with Crippen molar-refractivity contribution in [3.05, 3.63) is 35.0 Å². The zero-order valence-electron chi connectivity index (χ0n) is 10.4. The fraction of sp³-hybridized carbons (Fsp3) is 0.364. The van der Waals surface area contributed by atoms with Gasteiger partial charge in [0.05, 0.1) is 0 Å². The van der Waals surface area contributed by atoms with E-state index in [1.54, 1.807) is 0 Å². The summed E-state index contributed by atoms with van der Waals surface area (Å²) in [5, 5.41) is 20.2. The fourth-order valence-corrected chi connectivity index (χ4v) is 2.54. The number of nitrogens with zero attached hydrogens (tertiary/aromatic N) is 1. The summed E-state index contributed by atoms with van der Waals surface area (Å²) in [5.41, 5.74) is 6.01. The van der Waals surface area contributed by atoms with Crippen molar-refractivity contribution >= 4 is 16.3 Å². The average molecular weight is 302 g/mol. The summed E-state index contributed by atoms with van der Waals surface area (Å²) in [6.45, 7) is -0.0121. The highest BCUT2D eigenvalue weighted by atomic mass is 32.2. The summed E-state index contributed by atoms with van der Waals surface area (Å²) < 4.78 is 26.5. The van der Waals surface area contributed by atoms with Crippen LogP contribution in [0.15, 0.2) is 24.3 Å². The zero-order chi connectivity index (χ0) is 15.0. The lowest BCUT2D eigenvalue weighted by Gasteiger charge is -2.19. The van der Waals surface area contributed by atoms with Gasteiger partial charge >= 0.3 is 16.3 Å². The number of quaternary nitrogens is 1. The zero-order valence-corrected chi connectivity index (χ0v) is 11.2. The minimum absolute atomic E-state index is 0.00607. The second-order valence-electron chi connectivity index (χ2n) is 4.57. The maximum atomic E-state index is 11.6. The third kappa shape index (κ3) is 3.07. The topological polar surface area (TPSA) is 130 Å². The monoisotopic (exact) mass is 302 g/mol. The molecule has 0 saturated carbocycles. The number of hydrogen-bond donors (Lipinski definition) is 2. The summed E-state index contributed by atoms with van der Waals surface area (Å²) >= 11 is 0. The van der Waals surface area contributed by atoms with Crippen molar-refractivity contribution in [2.45, 2.75) is 12.5 Å². The molecule has 0 aliphatic carbocycles. The fourth-order valence-electron chi connectivity index (χ4n) is 1.52. The molecule has 0 spiro atoms. The Hall–Kier alpha value is -1.68. The molecule has 1 atom stereocenters. The lowest BCUT2D eigenvalue weighted by molar-refractivity contribution is -0.602. The van der Waals surface area contributed by atoms with Gasteiger partial charge in [-0.05, 0) is 24.1 Å². The molecular formula is C11H14N2O6S. The van der Waals surface area contributed by atoms with Crippen LogP contribution in [0.2, 0.25) is 0 Å². The Morgan fingerprint density at radius 1 is 1.40 bits per heavy atom. The van der Waals surface area contributed by atoms with E-state index in [4.69, 9.17) is 15.0 Å². The van der Waals surface area contributed by atoms with Crippen LogP contribution in [0, 0.1) is 5.21 Å². The van der Waals surface area contributed by atoms with Gasteiger partial charge in [-0.15, -0.1) is 8.42 Å². The quantitative estimate of drug-likeness (QED) is 0.415. The first-order valence-corrected chi connectivity index (χ1v) is 7.20. The van der Waals surface area contributed by atoms with Crippen LogP contribution in [-0.4, -0.2) is 42.7 Å². The predicted molar refractivity (Wildman–Crippen MR) is 68.7 cm³/mol. The highest BCUT2D eigenvalue weighted by Crippen LogP contribution is 2.28. The van der Waals surface area contributed by atoms with E-state index >= 15 is 0 Å². The van der Waals surface area contributed by atoms with Crippen molar-refractivity contribution in [1.82, 2.24) is 0 Å². The number of carbonyl (C=O) groups is 1. The number of nitrogens with two attached hydrogens (primary N) is 1. The van der Waals surface area contributed by atoms with Crippen LogP contribution in [0.1, 0.15) is 5.56 Å². The van der Waals surface area contributed by atoms with Crippen LogP contribution in [0.3, 0.4) is 0 Å². The van der Waals surface area contributed by atoms with E-state index in [-0.39, 0.29) is 25.3 Å². The van der Waals surface area contributed by atoms with Crippen LogP contribution in [0.5, 0.6) is 5.75 Å². The van der Waals surface area contributed by atoms with Crippen LogP contribution in [0.25, 0.3) is 0 Å². The number of carboxylic acid groups (broad SMARTS) is 1. The lowest BCUT2D eigenvalue weighted by atomic mass is 10.1. The first-order valence-electron chi connectivity index (χ1n) is 5.83. The molecule has 1 saturated heterocycles. The molecule has 1 fully saturated rings. The second kappa shape index (κ2) is 5.02. The van der Waals surface area contributed by atoms with Gasteiger partial charge in [-0.25, -0.2) is 4.05 Å². The lowest BCUT2D eigenvalue weighted by Crippen LogP contribution is -2.32. The minimum atomic E-state index is -4.23. The summed E-state index contributed by atoms with van der Waals surface area (Å²) in [5.74, 6) is -1.11. The highest BCUT2D eigenvalue weighted by Gasteiger charge is 2.48. The molecule has 0 aromatic heterocycles. The Balaban J connectivity index is 2.04. The maximum absolute atomic E-state index is 11.6. The molecular weight excluding hydrogens is 288 g/mol. The molecule has 8 nitrogen and oxygen atoms in total. The number of benzene rings is 1. The molecule has 2 rings (SSSR count). The predicted octanol–water partition coefficient (Wildman–Crippen LogP) is -0.407. The third-order valence-electron chi connectivity index (χ3n) is 2.89. The number of hydrogen-bond acceptors (Lipinski definition) is 6. The van der Waals surface area contributed by atoms with Crippen LogP contribution in [-0.2, 0) is 21.5 Å². The Morgan fingerprint density at radius 2 is 1.95 bits per heavy atom. The molecule has 0 radical (unpaired) electrons. The molecule has 1 aliphatic rings. The Kier molecular flexibility index (Phi) is 3.69. The van der Waals surface area contributed by atoms with Crippen LogP contribution in [0.4, 0.5) is 0 Å². The smallest absolute Gasteiger partial charge is 0.485 e. The Morgan fingerprint density at radius 3 is 2.40 bits per heavy atom. The SMILES string of the molecule is N[C@@H](Cc1ccc(OS(=O)(=O)[N+]2([O-])CC2)cc1)C(=O)O. The molecule has 9 heteroatoms. The van der Waals surface area contributed by atoms with E-state index in [9.17, 15) is 18.4 Å². The van der Waals surface area contributed by atoms with Crippen molar-refractivity contribution in [2.24, 2.45) is 5.73 Å². The second-order valence-corrected chi connectivity index (χ2v) is 6.25. The number of aliphatic carboxylic acids is 1. The first-order chi connectivity index (χ1) is 9.23. The van der Waals surface area contributed by atoms with E-state index in [1.165, 1.54) is 24.3 Å². The maximum Gasteiger partial charge on any atom is 0.485 e. The summed E-state index contributed by atoms with van der Waals surface area (Å²) in [6, 6.07) is 4.70. The van der Waals surface area contributed by atoms with Gasteiger partial charge in [0.1, 0.15) is 24.9 Å². The Labute approximate surface area is 115 Å². The van der Waals surface area contributed by atoms with E-state index in [0.717, 1.165) is 0 Å². The van der Waals surface area contributed by atoms with Gasteiger partial charge in [0, 0.05) is 0 Å². The van der Waals surface area contributed by atoms with E-state index in [0.29, 0.717) is 5.56 Å². The summed E-state index contributed by atoms with van der Waals surface area (Å²) in [4.78, 5) is 10.6. The van der Waals surface area contributed by atoms with Crippen molar-refractivity contribution in [2.75, 3.05) is 13.1 Å². The molecule has 1 heterocycles. The highest BCUT2D eigenvalue weighted by molar-refractivity contribution is 7.81. The minimum Gasteiger partial charge on any atom is -0.614 e. The van der Waals surface area contributed by atoms with Gasteiger partial charge in [-0.2, -0.15) is 0 Å². The van der Waals surface area contributed by atoms with Crippen molar-refractivity contribution in [3.8, 4) is 5.75 Å². The van der Waals surface area contributed by atoms with Crippen molar-refractivity contribution in [3.63, 3.8) is 0 Å². The van der Waals surface area contributed by atoms with Gasteiger partial charge in [0.25, 0.3) is 0 Å². The van der Waals surface area contributed by atoms with Gasteiger partial charge in [-0.3, -0.25) is 4.79 Å². The average Bonchev–Trinajstić information content (AvgIpc) is 3.11. The molecule has 0 amide bonds. The van der Waals surface area contributed by atoms with Crippen LogP contribution < -0.4 is 9.92 Å². The van der Waals surface area contributed by atoms with Crippen molar-refractivity contribution < 1.29 is 26.6 Å². The molecule has 0 bridgehead atoms. The molecule has 20 heavy (non-hydrogen) atoms. The number of hydroxylamine groups is 2. The molecule has 1 aromatic carbocycles. The van der Waals surface area contributed by atoms with Crippen molar-refractivity contribution in [1.29, 1.82) is 0 Å². The number of rotatable bonds is 6. The van der Waals surface area contributed by atoms with E-state index in [2.05, 4.69) is 0 Å². The summed E-state index contributed by atoms with van der Waals surface area (Å²) in [7, 11) is -4.23. The Bertz CT molecular complexity index is 608. The number of carboxylic acids is 1. The van der Waals surface area contributed by atoms with Crippen LogP contribution >= 0.6 is 0 Å². The first kappa shape index (κ1) is 14.7. The van der Waals surface area contributed by atoms with Gasteiger partial charge in [0.15, 0.2) is 0 Å². The van der Waals surface area contributed by atoms with Gasteiger partial charge < -0.3 is 20.2 Å². The molecule has 110 valence electrons. The normalized spacial score (nSPS) is 18.3. The van der Waals surface area contributed by atoms with Gasteiger partial charge in [-0.1, -0.05) is 12.1 Å². The standard InChI is InChI=1S/C11H14N2O6S/c12-10(11(14)15)7-8-1-3-9(4-2-8)19-20(17,18)13(16)5-6-13/h1-4,10H,5-7,12H2,(H,14,15)/t10-/m0/s1. The van der Waals surface area contributed by atoms with Gasteiger partial charge in [0.2, 0.25) is 0 Å².